The van der Waals surface area contributed by atoms with E-state index in [0.717, 1.165) is 4.47 Å². The number of aromatic nitrogens is 1. The van der Waals surface area contributed by atoms with Crippen LogP contribution in [0.4, 0.5) is 0 Å². The Labute approximate surface area is 122 Å². The number of pyridine rings is 1. The molecule has 1 N–H and O–H groups in total. The normalized spacial score (nSPS) is 10.4. The van der Waals surface area contributed by atoms with E-state index in [-0.39, 0.29) is 17.8 Å². The van der Waals surface area contributed by atoms with E-state index in [2.05, 4.69) is 15.9 Å². The zero-order chi connectivity index (χ0) is 14.0. The third kappa shape index (κ3) is 3.05. The summed E-state index contributed by atoms with van der Waals surface area (Å²) in [5.74, 6) is -1.15. The number of carbonyl (C=O) groups is 1. The Kier molecular flexibility index (Phi) is 4.07. The minimum atomic E-state index is -1.15. The maximum Gasteiger partial charge on any atom is 0.352 e. The van der Waals surface area contributed by atoms with Crippen LogP contribution in [0.5, 0.6) is 0 Å². The molecule has 19 heavy (non-hydrogen) atoms. The topological polar surface area (TPSA) is 59.3 Å². The second-order valence-electron chi connectivity index (χ2n) is 3.88. The van der Waals surface area contributed by atoms with Gasteiger partial charge in [-0.15, -0.1) is 0 Å². The molecule has 0 bridgehead atoms. The molecule has 0 unspecified atom stereocenters. The van der Waals surface area contributed by atoms with Gasteiger partial charge in [-0.05, 0) is 23.8 Å². The predicted octanol–water partition coefficient (Wildman–Crippen LogP) is 3.01. The molecule has 6 heteroatoms. The van der Waals surface area contributed by atoms with E-state index < -0.39 is 5.97 Å². The lowest BCUT2D eigenvalue weighted by Crippen LogP contribution is -2.25. The van der Waals surface area contributed by atoms with Crippen LogP contribution in [0, 0.1) is 0 Å². The Morgan fingerprint density at radius 1 is 1.32 bits per heavy atom. The van der Waals surface area contributed by atoms with E-state index in [0.29, 0.717) is 10.6 Å². The molecule has 0 spiro atoms. The number of aromatic carboxylic acids is 1. The molecule has 0 aliphatic carbocycles. The lowest BCUT2D eigenvalue weighted by Gasteiger charge is -2.11. The van der Waals surface area contributed by atoms with Crippen LogP contribution in [0.25, 0.3) is 0 Å². The summed E-state index contributed by atoms with van der Waals surface area (Å²) in [6.45, 7) is 0.118. The van der Waals surface area contributed by atoms with Crippen molar-refractivity contribution >= 4 is 33.5 Å². The second kappa shape index (κ2) is 5.59. The Hall–Kier alpha value is -1.59. The standard InChI is InChI=1S/C13H9BrClNO3/c14-9-5-4-8(10(15)6-9)7-16-11(13(18)19)2-1-3-12(16)17/h1-6H,7H2,(H,18,19). The maximum atomic E-state index is 11.8. The molecule has 98 valence electrons. The van der Waals surface area contributed by atoms with Crippen LogP contribution in [0.3, 0.4) is 0 Å². The van der Waals surface area contributed by atoms with Gasteiger partial charge in [-0.2, -0.15) is 0 Å². The molecular weight excluding hydrogens is 334 g/mol. The number of carboxylic acid groups (broad SMARTS) is 1. The van der Waals surface area contributed by atoms with Crippen molar-refractivity contribution in [3.63, 3.8) is 0 Å². The van der Waals surface area contributed by atoms with Crippen molar-refractivity contribution < 1.29 is 9.90 Å². The summed E-state index contributed by atoms with van der Waals surface area (Å²) in [5.41, 5.74) is 0.242. The molecule has 0 aliphatic heterocycles. The van der Waals surface area contributed by atoms with Crippen molar-refractivity contribution in [3.8, 4) is 0 Å². The van der Waals surface area contributed by atoms with Gasteiger partial charge in [-0.3, -0.25) is 9.36 Å². The van der Waals surface area contributed by atoms with E-state index in [1.54, 1.807) is 18.2 Å². The maximum absolute atomic E-state index is 11.8. The summed E-state index contributed by atoms with van der Waals surface area (Å²) >= 11 is 9.36. The highest BCUT2D eigenvalue weighted by molar-refractivity contribution is 9.10. The first kappa shape index (κ1) is 13.8. The molecule has 0 aliphatic rings. The van der Waals surface area contributed by atoms with Gasteiger partial charge < -0.3 is 5.11 Å². The van der Waals surface area contributed by atoms with Crippen LogP contribution in [0.15, 0.2) is 45.7 Å². The lowest BCUT2D eigenvalue weighted by molar-refractivity contribution is 0.0684. The summed E-state index contributed by atoms with van der Waals surface area (Å²) in [6.07, 6.45) is 0. The lowest BCUT2D eigenvalue weighted by atomic mass is 10.2. The first-order valence-electron chi connectivity index (χ1n) is 5.36. The number of halogens is 2. The zero-order valence-corrected chi connectivity index (χ0v) is 12.0. The molecule has 4 nitrogen and oxygen atoms in total. The van der Waals surface area contributed by atoms with Crippen LogP contribution >= 0.6 is 27.5 Å². The largest absolute Gasteiger partial charge is 0.477 e. The quantitative estimate of drug-likeness (QED) is 0.933. The molecule has 0 atom stereocenters. The second-order valence-corrected chi connectivity index (χ2v) is 5.20. The minimum absolute atomic E-state index is 0.0634. The summed E-state index contributed by atoms with van der Waals surface area (Å²) in [6, 6.07) is 9.36. The van der Waals surface area contributed by atoms with E-state index in [9.17, 15) is 9.59 Å². The molecule has 1 aromatic carbocycles. The third-order valence-corrected chi connectivity index (χ3v) is 3.46. The van der Waals surface area contributed by atoms with Gasteiger partial charge in [0.05, 0.1) is 6.54 Å². The third-order valence-electron chi connectivity index (χ3n) is 2.61. The molecule has 2 aromatic rings. The van der Waals surface area contributed by atoms with Crippen molar-refractivity contribution in [2.24, 2.45) is 0 Å². The number of nitrogens with zero attached hydrogens (tertiary/aromatic N) is 1. The molecule has 0 amide bonds. The summed E-state index contributed by atoms with van der Waals surface area (Å²) < 4.78 is 2.00. The molecule has 0 saturated carbocycles. The summed E-state index contributed by atoms with van der Waals surface area (Å²) in [5, 5.41) is 9.55. The van der Waals surface area contributed by atoms with Gasteiger partial charge in [0.25, 0.3) is 5.56 Å². The summed E-state index contributed by atoms with van der Waals surface area (Å²) in [4.78, 5) is 22.9. The van der Waals surface area contributed by atoms with Gasteiger partial charge in [0, 0.05) is 15.6 Å². The van der Waals surface area contributed by atoms with Gasteiger partial charge in [0.15, 0.2) is 0 Å². The van der Waals surface area contributed by atoms with Crippen molar-refractivity contribution in [2.75, 3.05) is 0 Å². The van der Waals surface area contributed by atoms with Gasteiger partial charge in [-0.1, -0.05) is 39.7 Å². The molecule has 0 fully saturated rings. The van der Waals surface area contributed by atoms with Crippen molar-refractivity contribution in [3.05, 3.63) is 67.5 Å². The monoisotopic (exact) mass is 341 g/mol. The van der Waals surface area contributed by atoms with Crippen molar-refractivity contribution in [1.82, 2.24) is 4.57 Å². The molecule has 1 aromatic heterocycles. The van der Waals surface area contributed by atoms with Crippen LogP contribution in [0.2, 0.25) is 5.02 Å². The predicted molar refractivity (Wildman–Crippen MR) is 75.9 cm³/mol. The number of rotatable bonds is 3. The zero-order valence-electron chi connectivity index (χ0n) is 9.64. The Bertz CT molecular complexity index is 697. The Morgan fingerprint density at radius 2 is 2.05 bits per heavy atom. The first-order valence-corrected chi connectivity index (χ1v) is 6.53. The van der Waals surface area contributed by atoms with E-state index in [1.807, 2.05) is 0 Å². The van der Waals surface area contributed by atoms with Gasteiger partial charge in [0.1, 0.15) is 5.69 Å². The fourth-order valence-electron chi connectivity index (χ4n) is 1.69. The minimum Gasteiger partial charge on any atom is -0.477 e. The summed E-state index contributed by atoms with van der Waals surface area (Å²) in [7, 11) is 0. The highest BCUT2D eigenvalue weighted by atomic mass is 79.9. The van der Waals surface area contributed by atoms with Crippen molar-refractivity contribution in [2.45, 2.75) is 6.54 Å². The van der Waals surface area contributed by atoms with Gasteiger partial charge in [-0.25, -0.2) is 4.79 Å². The molecule has 1 heterocycles. The van der Waals surface area contributed by atoms with E-state index in [4.69, 9.17) is 16.7 Å². The molecule has 2 rings (SSSR count). The Balaban J connectivity index is 2.49. The highest BCUT2D eigenvalue weighted by Crippen LogP contribution is 2.22. The number of hydrogen-bond acceptors (Lipinski definition) is 2. The smallest absolute Gasteiger partial charge is 0.352 e. The van der Waals surface area contributed by atoms with Crippen molar-refractivity contribution in [1.29, 1.82) is 0 Å². The van der Waals surface area contributed by atoms with Crippen LogP contribution in [0.1, 0.15) is 16.1 Å². The van der Waals surface area contributed by atoms with E-state index in [1.165, 1.54) is 22.8 Å². The van der Waals surface area contributed by atoms with E-state index >= 15 is 0 Å². The number of hydrogen-bond donors (Lipinski definition) is 1. The molecular formula is C13H9BrClNO3. The van der Waals surface area contributed by atoms with Gasteiger partial charge >= 0.3 is 5.97 Å². The fourth-order valence-corrected chi connectivity index (χ4v) is 2.42. The number of benzene rings is 1. The number of carboxylic acids is 1. The molecule has 0 saturated heterocycles. The van der Waals surface area contributed by atoms with Crippen LogP contribution in [-0.4, -0.2) is 15.6 Å². The van der Waals surface area contributed by atoms with Crippen LogP contribution < -0.4 is 5.56 Å². The Morgan fingerprint density at radius 3 is 2.68 bits per heavy atom. The van der Waals surface area contributed by atoms with Gasteiger partial charge in [0.2, 0.25) is 0 Å². The SMILES string of the molecule is O=C(O)c1cccc(=O)n1Cc1ccc(Br)cc1Cl. The first-order chi connectivity index (χ1) is 8.99. The fraction of sp³-hybridized carbons (Fsp3) is 0.0769. The average Bonchev–Trinajstić information content (AvgIpc) is 2.34. The average molecular weight is 343 g/mol. The highest BCUT2D eigenvalue weighted by Gasteiger charge is 2.12. The van der Waals surface area contributed by atoms with Crippen LogP contribution in [-0.2, 0) is 6.54 Å². The molecule has 0 radical (unpaired) electrons.